The molecule has 2 aromatic carbocycles. The molecular weight excluding hydrogens is 470 g/mol. The number of halogens is 1. The molecule has 0 spiro atoms. The van der Waals surface area contributed by atoms with Crippen molar-refractivity contribution in [2.75, 3.05) is 6.54 Å². The van der Waals surface area contributed by atoms with Crippen molar-refractivity contribution in [2.24, 2.45) is 5.14 Å². The zero-order chi connectivity index (χ0) is 20.9. The second kappa shape index (κ2) is 9.14. The zero-order valence-electron chi connectivity index (χ0n) is 14.9. The molecule has 0 aliphatic carbocycles. The molecule has 2 rings (SSSR count). The van der Waals surface area contributed by atoms with Gasteiger partial charge in [-0.25, -0.2) is 26.7 Å². The van der Waals surface area contributed by atoms with Crippen LogP contribution < -0.4 is 15.2 Å². The van der Waals surface area contributed by atoms with Gasteiger partial charge in [-0.2, -0.15) is 0 Å². The average Bonchev–Trinajstić information content (AvgIpc) is 2.61. The largest absolute Gasteiger partial charge is 0.350 e. The molecule has 0 aliphatic rings. The van der Waals surface area contributed by atoms with Crippen LogP contribution in [0, 0.1) is 0 Å². The lowest BCUT2D eigenvalue weighted by molar-refractivity contribution is -0.121. The second-order valence-electron chi connectivity index (χ2n) is 6.00. The first-order valence-electron chi connectivity index (χ1n) is 8.16. The molecule has 0 saturated carbocycles. The molecule has 8 nitrogen and oxygen atoms in total. The first kappa shape index (κ1) is 22.5. The van der Waals surface area contributed by atoms with E-state index in [4.69, 9.17) is 5.14 Å². The van der Waals surface area contributed by atoms with Gasteiger partial charge in [-0.05, 0) is 48.9 Å². The maximum atomic E-state index is 12.2. The number of rotatable bonds is 8. The summed E-state index contributed by atoms with van der Waals surface area (Å²) in [5.41, 5.74) is 0.691. The van der Waals surface area contributed by atoms with Crippen LogP contribution in [0.1, 0.15) is 24.9 Å². The number of hydrogen-bond donors (Lipinski definition) is 3. The molecule has 2 aromatic rings. The van der Waals surface area contributed by atoms with Crippen LogP contribution >= 0.6 is 15.9 Å². The maximum Gasteiger partial charge on any atom is 0.240 e. The fraction of sp³-hybridized carbons (Fsp3) is 0.235. The molecule has 0 aliphatic heterocycles. The normalized spacial score (nSPS) is 13.1. The highest BCUT2D eigenvalue weighted by molar-refractivity contribution is 9.10. The van der Waals surface area contributed by atoms with Gasteiger partial charge in [0.05, 0.1) is 15.8 Å². The SMILES string of the molecule is C[C@@H](NC(=O)CCNS(=O)(=O)c1ccc(Br)cc1)c1ccc(S(N)(=O)=O)cc1. The molecule has 0 unspecified atom stereocenters. The molecule has 152 valence electrons. The summed E-state index contributed by atoms with van der Waals surface area (Å²) < 4.78 is 50.0. The summed E-state index contributed by atoms with van der Waals surface area (Å²) in [5.74, 6) is -0.346. The number of nitrogens with two attached hydrogens (primary N) is 1. The van der Waals surface area contributed by atoms with Crippen molar-refractivity contribution in [3.05, 3.63) is 58.6 Å². The van der Waals surface area contributed by atoms with Gasteiger partial charge in [0.25, 0.3) is 0 Å². The number of carbonyl (C=O) groups is 1. The Bertz CT molecular complexity index is 1040. The molecule has 1 atom stereocenters. The van der Waals surface area contributed by atoms with Gasteiger partial charge >= 0.3 is 0 Å². The van der Waals surface area contributed by atoms with E-state index >= 15 is 0 Å². The lowest BCUT2D eigenvalue weighted by atomic mass is 10.1. The van der Waals surface area contributed by atoms with Gasteiger partial charge < -0.3 is 5.32 Å². The minimum atomic E-state index is -3.77. The van der Waals surface area contributed by atoms with Gasteiger partial charge in [0.15, 0.2) is 0 Å². The van der Waals surface area contributed by atoms with Crippen LogP contribution in [0.15, 0.2) is 62.8 Å². The molecule has 0 radical (unpaired) electrons. The van der Waals surface area contributed by atoms with E-state index in [1.54, 1.807) is 31.2 Å². The Balaban J connectivity index is 1.87. The summed E-state index contributed by atoms with van der Waals surface area (Å²) in [7, 11) is -7.47. The Labute approximate surface area is 172 Å². The highest BCUT2D eigenvalue weighted by Gasteiger charge is 2.15. The van der Waals surface area contributed by atoms with Crippen LogP contribution in [0.4, 0.5) is 0 Å². The highest BCUT2D eigenvalue weighted by atomic mass is 79.9. The predicted octanol–water partition coefficient (Wildman–Crippen LogP) is 1.64. The van der Waals surface area contributed by atoms with Crippen molar-refractivity contribution in [2.45, 2.75) is 29.2 Å². The molecule has 0 saturated heterocycles. The van der Waals surface area contributed by atoms with Crippen LogP contribution in [0.25, 0.3) is 0 Å². The van der Waals surface area contributed by atoms with Crippen molar-refractivity contribution in [3.63, 3.8) is 0 Å². The lowest BCUT2D eigenvalue weighted by Crippen LogP contribution is -2.32. The predicted molar refractivity (Wildman–Crippen MR) is 108 cm³/mol. The zero-order valence-corrected chi connectivity index (χ0v) is 18.1. The fourth-order valence-corrected chi connectivity index (χ4v) is 4.15. The second-order valence-corrected chi connectivity index (χ2v) is 10.2. The monoisotopic (exact) mass is 489 g/mol. The minimum absolute atomic E-state index is 0.0166. The molecule has 1 amide bonds. The van der Waals surface area contributed by atoms with Crippen molar-refractivity contribution in [1.29, 1.82) is 0 Å². The Hall–Kier alpha value is -1.79. The number of primary sulfonamides is 1. The van der Waals surface area contributed by atoms with Crippen molar-refractivity contribution in [1.82, 2.24) is 10.0 Å². The van der Waals surface area contributed by atoms with Gasteiger partial charge in [0.2, 0.25) is 26.0 Å². The number of amides is 1. The minimum Gasteiger partial charge on any atom is -0.350 e. The Morgan fingerprint density at radius 2 is 1.54 bits per heavy atom. The molecule has 0 fully saturated rings. The van der Waals surface area contributed by atoms with Crippen molar-refractivity contribution < 1.29 is 21.6 Å². The van der Waals surface area contributed by atoms with Crippen molar-refractivity contribution in [3.8, 4) is 0 Å². The Kier molecular flexibility index (Phi) is 7.34. The van der Waals surface area contributed by atoms with Crippen LogP contribution in [-0.2, 0) is 24.8 Å². The number of carbonyl (C=O) groups excluding carboxylic acids is 1. The van der Waals surface area contributed by atoms with E-state index in [9.17, 15) is 21.6 Å². The van der Waals surface area contributed by atoms with E-state index in [2.05, 4.69) is 26.0 Å². The molecular formula is C17H20BrN3O5S2. The van der Waals surface area contributed by atoms with Crippen LogP contribution in [-0.4, -0.2) is 29.3 Å². The molecule has 0 bridgehead atoms. The maximum absolute atomic E-state index is 12.2. The van der Waals surface area contributed by atoms with Gasteiger partial charge in [-0.1, -0.05) is 28.1 Å². The molecule has 0 heterocycles. The summed E-state index contributed by atoms with van der Waals surface area (Å²) in [5, 5.41) is 7.77. The Morgan fingerprint density at radius 3 is 2.07 bits per heavy atom. The molecule has 28 heavy (non-hydrogen) atoms. The van der Waals surface area contributed by atoms with Gasteiger partial charge in [-0.3, -0.25) is 4.79 Å². The Morgan fingerprint density at radius 1 is 1.00 bits per heavy atom. The molecule has 0 aromatic heterocycles. The first-order valence-corrected chi connectivity index (χ1v) is 12.0. The standard InChI is InChI=1S/C17H20BrN3O5S2/c1-12(13-2-6-15(7-3-13)27(19,23)24)21-17(22)10-11-20-28(25,26)16-8-4-14(18)5-9-16/h2-9,12,20H,10-11H2,1H3,(H,21,22)(H2,19,23,24)/t12-/m1/s1. The smallest absolute Gasteiger partial charge is 0.240 e. The number of benzene rings is 2. The van der Waals surface area contributed by atoms with E-state index < -0.39 is 20.0 Å². The van der Waals surface area contributed by atoms with Crippen LogP contribution in [0.3, 0.4) is 0 Å². The van der Waals surface area contributed by atoms with Gasteiger partial charge in [0, 0.05) is 17.4 Å². The van der Waals surface area contributed by atoms with Gasteiger partial charge in [0.1, 0.15) is 0 Å². The summed E-state index contributed by atoms with van der Waals surface area (Å²) in [4.78, 5) is 12.1. The molecule has 4 N–H and O–H groups in total. The summed E-state index contributed by atoms with van der Waals surface area (Å²) >= 11 is 3.24. The van der Waals surface area contributed by atoms with E-state index in [0.29, 0.717) is 5.56 Å². The summed E-state index contributed by atoms with van der Waals surface area (Å²) in [6.07, 6.45) is -0.0463. The number of hydrogen-bond acceptors (Lipinski definition) is 5. The van der Waals surface area contributed by atoms with Crippen molar-refractivity contribution >= 4 is 41.9 Å². The average molecular weight is 490 g/mol. The van der Waals surface area contributed by atoms with Crippen LogP contribution in [0.2, 0.25) is 0 Å². The third-order valence-electron chi connectivity index (χ3n) is 3.85. The van der Waals surface area contributed by atoms with E-state index in [0.717, 1.165) is 4.47 Å². The third-order valence-corrected chi connectivity index (χ3v) is 6.79. The number of sulfonamides is 2. The highest BCUT2D eigenvalue weighted by Crippen LogP contribution is 2.16. The topological polar surface area (TPSA) is 135 Å². The number of nitrogens with one attached hydrogen (secondary N) is 2. The van der Waals surface area contributed by atoms with E-state index in [1.165, 1.54) is 24.3 Å². The summed E-state index contributed by atoms with van der Waals surface area (Å²) in [6.45, 7) is 1.68. The summed E-state index contributed by atoms with van der Waals surface area (Å²) in [6, 6.07) is 11.6. The third kappa shape index (κ3) is 6.38. The first-order chi connectivity index (χ1) is 13.0. The van der Waals surface area contributed by atoms with E-state index in [-0.39, 0.29) is 34.7 Å². The molecule has 11 heteroatoms. The van der Waals surface area contributed by atoms with Crippen LogP contribution in [0.5, 0.6) is 0 Å². The fourth-order valence-electron chi connectivity index (χ4n) is 2.34. The van der Waals surface area contributed by atoms with Gasteiger partial charge in [-0.15, -0.1) is 0 Å². The van der Waals surface area contributed by atoms with E-state index in [1.807, 2.05) is 0 Å². The quantitative estimate of drug-likeness (QED) is 0.517. The lowest BCUT2D eigenvalue weighted by Gasteiger charge is -2.15.